The van der Waals surface area contributed by atoms with E-state index in [9.17, 15) is 16.8 Å². The second-order valence-corrected chi connectivity index (χ2v) is 10.4. The Bertz CT molecular complexity index is 1220. The molecule has 1 aliphatic heterocycles. The van der Waals surface area contributed by atoms with Crippen molar-refractivity contribution in [2.24, 2.45) is 0 Å². The summed E-state index contributed by atoms with van der Waals surface area (Å²) in [6.45, 7) is 0.306. The van der Waals surface area contributed by atoms with Crippen molar-refractivity contribution in [3.8, 4) is 11.5 Å². The fourth-order valence-electron chi connectivity index (χ4n) is 3.07. The quantitative estimate of drug-likeness (QED) is 0.590. The molecule has 0 fully saturated rings. The predicted molar refractivity (Wildman–Crippen MR) is 108 cm³/mol. The molecule has 1 N–H and O–H groups in total. The molecule has 30 heavy (non-hydrogen) atoms. The minimum Gasteiger partial charge on any atom is -0.486 e. The van der Waals surface area contributed by atoms with Gasteiger partial charge in [0.05, 0.1) is 16.1 Å². The summed E-state index contributed by atoms with van der Waals surface area (Å²) < 4.78 is 70.4. The number of nitrogens with one attached hydrogen (secondary N) is 1. The highest BCUT2D eigenvalue weighted by Crippen LogP contribution is 2.33. The summed E-state index contributed by atoms with van der Waals surface area (Å²) in [5.74, 6) is 0.924. The van der Waals surface area contributed by atoms with Crippen LogP contribution in [0.15, 0.2) is 81.1 Å². The molecule has 10 heteroatoms. The highest BCUT2D eigenvalue weighted by Gasteiger charge is 2.33. The number of fused-ring (bicyclic) bond motifs is 1. The molecule has 158 valence electrons. The molecule has 1 unspecified atom stereocenters. The Kier molecular flexibility index (Phi) is 5.54. The molecular weight excluding hydrogens is 430 g/mol. The summed E-state index contributed by atoms with van der Waals surface area (Å²) in [5.41, 5.74) is 0. The van der Waals surface area contributed by atoms with Crippen molar-refractivity contribution < 1.29 is 30.7 Å². The van der Waals surface area contributed by atoms with Gasteiger partial charge in [0.25, 0.3) is 0 Å². The van der Waals surface area contributed by atoms with E-state index in [0.717, 1.165) is 0 Å². The van der Waals surface area contributed by atoms with Gasteiger partial charge in [0.2, 0.25) is 10.0 Å². The highest BCUT2D eigenvalue weighted by molar-refractivity contribution is 7.92. The van der Waals surface area contributed by atoms with E-state index >= 15 is 0 Å². The monoisotopic (exact) mass is 449 g/mol. The first kappa shape index (κ1) is 20.5. The third kappa shape index (κ3) is 4.07. The summed E-state index contributed by atoms with van der Waals surface area (Å²) in [6, 6.07) is 15.1. The maximum absolute atomic E-state index is 13.1. The lowest BCUT2D eigenvalue weighted by Crippen LogP contribution is -2.32. The standard InChI is InChI=1S/C20H19NO7S2/c22-29(23,15-5-2-1-3-6-15)20(18-7-4-10-26-18)14-21-30(24,25)16-8-9-17-19(13-16)28-12-11-27-17/h1-10,13,20-21H,11-12,14H2. The minimum atomic E-state index is -4.01. The van der Waals surface area contributed by atoms with Crippen LogP contribution in [0.3, 0.4) is 0 Å². The molecule has 0 radical (unpaired) electrons. The van der Waals surface area contributed by atoms with Crippen LogP contribution < -0.4 is 14.2 Å². The number of furan rings is 1. The number of hydrogen-bond acceptors (Lipinski definition) is 7. The zero-order valence-corrected chi connectivity index (χ0v) is 17.4. The second-order valence-electron chi connectivity index (χ2n) is 6.52. The Morgan fingerprint density at radius 3 is 2.27 bits per heavy atom. The summed E-state index contributed by atoms with van der Waals surface area (Å²) >= 11 is 0. The SMILES string of the molecule is O=S(=O)(NCC(c1ccco1)S(=O)(=O)c1ccccc1)c1ccc2c(c1)OCCO2. The average molecular weight is 450 g/mol. The van der Waals surface area contributed by atoms with Crippen LogP contribution in [0.2, 0.25) is 0 Å². The van der Waals surface area contributed by atoms with Crippen molar-refractivity contribution in [3.05, 3.63) is 72.7 Å². The Hall–Kier alpha value is -2.82. The average Bonchev–Trinajstić information content (AvgIpc) is 3.28. The number of benzene rings is 2. The third-order valence-electron chi connectivity index (χ3n) is 4.59. The van der Waals surface area contributed by atoms with Gasteiger partial charge >= 0.3 is 0 Å². The van der Waals surface area contributed by atoms with Gasteiger partial charge < -0.3 is 13.9 Å². The molecule has 0 bridgehead atoms. The van der Waals surface area contributed by atoms with Gasteiger partial charge in [0, 0.05) is 12.6 Å². The molecule has 0 amide bonds. The second kappa shape index (κ2) is 8.13. The molecule has 1 atom stereocenters. The maximum atomic E-state index is 13.1. The number of sulfonamides is 1. The van der Waals surface area contributed by atoms with E-state index in [1.165, 1.54) is 42.7 Å². The van der Waals surface area contributed by atoms with E-state index in [1.54, 1.807) is 24.3 Å². The molecular formula is C20H19NO7S2. The Labute approximate surface area is 174 Å². The first-order valence-corrected chi connectivity index (χ1v) is 12.1. The van der Waals surface area contributed by atoms with Gasteiger partial charge in [-0.3, -0.25) is 0 Å². The van der Waals surface area contributed by atoms with Gasteiger partial charge in [-0.05, 0) is 36.4 Å². The van der Waals surface area contributed by atoms with Crippen LogP contribution in [0.25, 0.3) is 0 Å². The summed E-state index contributed by atoms with van der Waals surface area (Å²) in [6.07, 6.45) is 1.35. The number of ether oxygens (including phenoxy) is 2. The van der Waals surface area contributed by atoms with E-state index in [0.29, 0.717) is 24.7 Å². The molecule has 1 aromatic heterocycles. The molecule has 0 saturated heterocycles. The van der Waals surface area contributed by atoms with Gasteiger partial charge in [0.1, 0.15) is 24.2 Å². The van der Waals surface area contributed by atoms with Crippen LogP contribution in [0.1, 0.15) is 11.0 Å². The largest absolute Gasteiger partial charge is 0.486 e. The normalized spacial score (nSPS) is 14.9. The van der Waals surface area contributed by atoms with E-state index in [-0.39, 0.29) is 15.6 Å². The zero-order valence-electron chi connectivity index (χ0n) is 15.7. The van der Waals surface area contributed by atoms with Crippen LogP contribution >= 0.6 is 0 Å². The molecule has 2 aromatic carbocycles. The van der Waals surface area contributed by atoms with Crippen molar-refractivity contribution in [3.63, 3.8) is 0 Å². The first-order valence-electron chi connectivity index (χ1n) is 9.09. The third-order valence-corrected chi connectivity index (χ3v) is 8.09. The lowest BCUT2D eigenvalue weighted by atomic mass is 10.3. The summed E-state index contributed by atoms with van der Waals surface area (Å²) in [4.78, 5) is 0.0204. The van der Waals surface area contributed by atoms with Gasteiger partial charge in [-0.15, -0.1) is 0 Å². The molecule has 0 saturated carbocycles. The van der Waals surface area contributed by atoms with E-state index in [2.05, 4.69) is 4.72 Å². The highest BCUT2D eigenvalue weighted by atomic mass is 32.2. The topological polar surface area (TPSA) is 112 Å². The summed E-state index contributed by atoms with van der Waals surface area (Å²) in [5, 5.41) is -1.23. The molecule has 1 aliphatic rings. The molecule has 8 nitrogen and oxygen atoms in total. The van der Waals surface area contributed by atoms with Crippen molar-refractivity contribution >= 4 is 19.9 Å². The van der Waals surface area contributed by atoms with Crippen molar-refractivity contribution in [1.29, 1.82) is 0 Å². The van der Waals surface area contributed by atoms with Crippen LogP contribution in [0.4, 0.5) is 0 Å². The number of hydrogen-bond donors (Lipinski definition) is 1. The van der Waals surface area contributed by atoms with Gasteiger partial charge in [0.15, 0.2) is 21.3 Å². The number of rotatable bonds is 7. The molecule has 3 aromatic rings. The Morgan fingerprint density at radius 1 is 0.833 bits per heavy atom. The van der Waals surface area contributed by atoms with Crippen LogP contribution in [0.5, 0.6) is 11.5 Å². The lowest BCUT2D eigenvalue weighted by Gasteiger charge is -2.20. The Morgan fingerprint density at radius 2 is 1.57 bits per heavy atom. The van der Waals surface area contributed by atoms with Gasteiger partial charge in [-0.2, -0.15) is 0 Å². The molecule has 2 heterocycles. The maximum Gasteiger partial charge on any atom is 0.240 e. The van der Waals surface area contributed by atoms with E-state index < -0.39 is 31.7 Å². The predicted octanol–water partition coefficient (Wildman–Crippen LogP) is 2.54. The van der Waals surface area contributed by atoms with Crippen molar-refractivity contribution in [2.75, 3.05) is 19.8 Å². The van der Waals surface area contributed by atoms with E-state index in [1.807, 2.05) is 0 Å². The van der Waals surface area contributed by atoms with Gasteiger partial charge in [-0.25, -0.2) is 21.6 Å². The lowest BCUT2D eigenvalue weighted by molar-refractivity contribution is 0.171. The minimum absolute atomic E-state index is 0.0537. The van der Waals surface area contributed by atoms with Crippen LogP contribution in [0, 0.1) is 0 Å². The fraction of sp³-hybridized carbons (Fsp3) is 0.200. The van der Waals surface area contributed by atoms with Crippen molar-refractivity contribution in [2.45, 2.75) is 15.0 Å². The summed E-state index contributed by atoms with van der Waals surface area (Å²) in [7, 11) is -7.92. The first-order chi connectivity index (χ1) is 14.4. The molecule has 0 aliphatic carbocycles. The Balaban J connectivity index is 1.61. The fourth-order valence-corrected chi connectivity index (χ4v) is 5.85. The zero-order chi connectivity index (χ0) is 21.2. The molecule has 4 rings (SSSR count). The van der Waals surface area contributed by atoms with Crippen molar-refractivity contribution in [1.82, 2.24) is 4.72 Å². The number of sulfone groups is 1. The van der Waals surface area contributed by atoms with Gasteiger partial charge in [-0.1, -0.05) is 18.2 Å². The van der Waals surface area contributed by atoms with Crippen LogP contribution in [-0.4, -0.2) is 36.6 Å². The van der Waals surface area contributed by atoms with Crippen LogP contribution in [-0.2, 0) is 19.9 Å². The van der Waals surface area contributed by atoms with E-state index in [4.69, 9.17) is 13.9 Å². The smallest absolute Gasteiger partial charge is 0.240 e. The molecule has 0 spiro atoms.